The lowest BCUT2D eigenvalue weighted by molar-refractivity contribution is 0.0540. The summed E-state index contributed by atoms with van der Waals surface area (Å²) in [5.74, 6) is 1.01. The van der Waals surface area contributed by atoms with E-state index in [4.69, 9.17) is 5.10 Å². The van der Waals surface area contributed by atoms with Crippen molar-refractivity contribution in [3.63, 3.8) is 0 Å². The van der Waals surface area contributed by atoms with Crippen LogP contribution in [0.3, 0.4) is 0 Å². The zero-order valence-electron chi connectivity index (χ0n) is 19.7. The molecule has 5 heteroatoms. The molecular formula is C28H36N4O. The Morgan fingerprint density at radius 2 is 1.73 bits per heavy atom. The lowest BCUT2D eigenvalue weighted by Gasteiger charge is -2.34. The number of nitrogens with zero attached hydrogens (tertiary/aromatic N) is 4. The summed E-state index contributed by atoms with van der Waals surface area (Å²) < 4.78 is 1.94. The molecule has 2 aliphatic rings. The topological polar surface area (TPSA) is 54.2 Å². The van der Waals surface area contributed by atoms with E-state index in [0.29, 0.717) is 0 Å². The second-order valence-corrected chi connectivity index (χ2v) is 9.95. The maximum absolute atomic E-state index is 10.7. The summed E-state index contributed by atoms with van der Waals surface area (Å²) >= 11 is 0. The summed E-state index contributed by atoms with van der Waals surface area (Å²) in [5.41, 5.74) is 5.88. The highest BCUT2D eigenvalue weighted by atomic mass is 16.3. The van der Waals surface area contributed by atoms with Crippen molar-refractivity contribution in [2.24, 2.45) is 13.0 Å². The van der Waals surface area contributed by atoms with Crippen molar-refractivity contribution < 1.29 is 5.11 Å². The quantitative estimate of drug-likeness (QED) is 0.547. The van der Waals surface area contributed by atoms with Crippen LogP contribution >= 0.6 is 0 Å². The number of aliphatic hydroxyl groups is 1. The monoisotopic (exact) mass is 444 g/mol. The van der Waals surface area contributed by atoms with Crippen LogP contribution in [0, 0.1) is 5.92 Å². The molecule has 1 aliphatic carbocycles. The molecular weight excluding hydrogens is 408 g/mol. The van der Waals surface area contributed by atoms with Gasteiger partial charge in [-0.15, -0.1) is 0 Å². The summed E-state index contributed by atoms with van der Waals surface area (Å²) in [5, 5.41) is 15.6. The van der Waals surface area contributed by atoms with Gasteiger partial charge in [0.25, 0.3) is 0 Å². The summed E-state index contributed by atoms with van der Waals surface area (Å²) in [4.78, 5) is 6.85. The van der Waals surface area contributed by atoms with Gasteiger partial charge < -0.3 is 5.11 Å². The van der Waals surface area contributed by atoms with Crippen molar-refractivity contribution in [1.29, 1.82) is 0 Å². The largest absolute Gasteiger partial charge is 0.387 e. The zero-order chi connectivity index (χ0) is 22.6. The molecule has 1 aliphatic heterocycles. The highest BCUT2D eigenvalue weighted by Gasteiger charge is 2.27. The van der Waals surface area contributed by atoms with Gasteiger partial charge in [0.2, 0.25) is 0 Å². The standard InChI is InChI=1S/C28H36N4O/c1-31-19-25(20-32-17-14-24(15-18-32)28(33)26-9-5-6-16-29-26)27(30-31)23-12-10-22(11-13-23)21-7-3-2-4-8-21/h5-6,9-13,16,19,21,24,28,33H,2-4,7-8,14-15,17-18,20H2,1H3/t28-/m1/s1. The van der Waals surface area contributed by atoms with Crippen LogP contribution in [0.4, 0.5) is 0 Å². The lowest BCUT2D eigenvalue weighted by atomic mass is 9.84. The van der Waals surface area contributed by atoms with E-state index in [1.54, 1.807) is 6.20 Å². The van der Waals surface area contributed by atoms with Gasteiger partial charge >= 0.3 is 0 Å². The second kappa shape index (κ2) is 10.2. The van der Waals surface area contributed by atoms with Crippen molar-refractivity contribution in [3.05, 3.63) is 71.7 Å². The first-order valence-electron chi connectivity index (χ1n) is 12.6. The van der Waals surface area contributed by atoms with Gasteiger partial charge in [-0.1, -0.05) is 49.6 Å². The molecule has 1 aromatic carbocycles. The summed E-state index contributed by atoms with van der Waals surface area (Å²) in [6.45, 7) is 2.88. The van der Waals surface area contributed by atoms with Gasteiger partial charge in [0, 0.05) is 37.1 Å². The number of rotatable bonds is 6. The van der Waals surface area contributed by atoms with Crippen LogP contribution in [-0.2, 0) is 13.6 Å². The van der Waals surface area contributed by atoms with E-state index < -0.39 is 6.10 Å². The molecule has 0 radical (unpaired) electrons. The SMILES string of the molecule is Cn1cc(CN2CCC([C@@H](O)c3ccccn3)CC2)c(-c2ccc(C3CCCCC3)cc2)n1. The van der Waals surface area contributed by atoms with E-state index in [1.807, 2.05) is 29.9 Å². The number of hydrogen-bond acceptors (Lipinski definition) is 4. The van der Waals surface area contributed by atoms with Crippen LogP contribution in [0.1, 0.15) is 73.8 Å². The van der Waals surface area contributed by atoms with E-state index in [9.17, 15) is 5.11 Å². The summed E-state index contributed by atoms with van der Waals surface area (Å²) in [7, 11) is 2.01. The second-order valence-electron chi connectivity index (χ2n) is 9.95. The highest BCUT2D eigenvalue weighted by Crippen LogP contribution is 2.34. The molecule has 5 nitrogen and oxygen atoms in total. The van der Waals surface area contributed by atoms with E-state index in [-0.39, 0.29) is 5.92 Å². The molecule has 2 fully saturated rings. The maximum Gasteiger partial charge on any atom is 0.0988 e. The van der Waals surface area contributed by atoms with Gasteiger partial charge in [0.15, 0.2) is 0 Å². The third kappa shape index (κ3) is 5.20. The van der Waals surface area contributed by atoms with Crippen molar-refractivity contribution in [3.8, 4) is 11.3 Å². The lowest BCUT2D eigenvalue weighted by Crippen LogP contribution is -2.35. The molecule has 3 heterocycles. The summed E-state index contributed by atoms with van der Waals surface area (Å²) in [6, 6.07) is 15.0. The van der Waals surface area contributed by atoms with Gasteiger partial charge in [0.1, 0.15) is 0 Å². The minimum absolute atomic E-state index is 0.275. The molecule has 0 bridgehead atoms. The first-order chi connectivity index (χ1) is 16.2. The average Bonchev–Trinajstić information content (AvgIpc) is 3.25. The van der Waals surface area contributed by atoms with Crippen LogP contribution in [0.5, 0.6) is 0 Å². The molecule has 33 heavy (non-hydrogen) atoms. The Hall–Kier alpha value is -2.50. The van der Waals surface area contributed by atoms with E-state index in [1.165, 1.54) is 48.8 Å². The average molecular weight is 445 g/mol. The Balaban J connectivity index is 1.23. The Bertz CT molecular complexity index is 1020. The molecule has 0 unspecified atom stereocenters. The van der Waals surface area contributed by atoms with Crippen molar-refractivity contribution in [2.75, 3.05) is 13.1 Å². The molecule has 1 N–H and O–H groups in total. The third-order valence-corrected chi connectivity index (χ3v) is 7.63. The van der Waals surface area contributed by atoms with Crippen molar-refractivity contribution >= 4 is 0 Å². The Labute approximate surface area is 197 Å². The van der Waals surface area contributed by atoms with Crippen LogP contribution in [0.2, 0.25) is 0 Å². The molecule has 3 aromatic rings. The molecule has 174 valence electrons. The number of aryl methyl sites for hydroxylation is 1. The number of aromatic nitrogens is 3. The fourth-order valence-corrected chi connectivity index (χ4v) is 5.71. The number of benzene rings is 1. The fourth-order valence-electron chi connectivity index (χ4n) is 5.71. The van der Waals surface area contributed by atoms with Crippen LogP contribution < -0.4 is 0 Å². The van der Waals surface area contributed by atoms with E-state index >= 15 is 0 Å². The van der Waals surface area contributed by atoms with Crippen molar-refractivity contribution in [2.45, 2.75) is 63.5 Å². The Kier molecular flexibility index (Phi) is 6.88. The first-order valence-corrected chi connectivity index (χ1v) is 12.6. The molecule has 1 saturated heterocycles. The number of likely N-dealkylation sites (tertiary alicyclic amines) is 1. The minimum Gasteiger partial charge on any atom is -0.387 e. The fraction of sp³-hybridized carbons (Fsp3) is 0.500. The molecule has 1 saturated carbocycles. The summed E-state index contributed by atoms with van der Waals surface area (Å²) in [6.07, 6.45) is 12.2. The van der Waals surface area contributed by atoms with Crippen molar-refractivity contribution in [1.82, 2.24) is 19.7 Å². The molecule has 0 spiro atoms. The third-order valence-electron chi connectivity index (χ3n) is 7.63. The van der Waals surface area contributed by atoms with Crippen LogP contribution in [0.15, 0.2) is 54.9 Å². The normalized spacial score (nSPS) is 19.6. The number of pyridine rings is 1. The molecule has 2 aromatic heterocycles. The van der Waals surface area contributed by atoms with E-state index in [0.717, 1.165) is 49.8 Å². The van der Waals surface area contributed by atoms with Crippen LogP contribution in [0.25, 0.3) is 11.3 Å². The van der Waals surface area contributed by atoms with Gasteiger partial charge in [-0.3, -0.25) is 14.6 Å². The Morgan fingerprint density at radius 3 is 2.42 bits per heavy atom. The minimum atomic E-state index is -0.468. The number of piperidine rings is 1. The van der Waals surface area contributed by atoms with Gasteiger partial charge in [-0.05, 0) is 68.3 Å². The maximum atomic E-state index is 10.7. The Morgan fingerprint density at radius 1 is 0.970 bits per heavy atom. The van der Waals surface area contributed by atoms with Gasteiger partial charge in [-0.25, -0.2) is 0 Å². The van der Waals surface area contributed by atoms with Gasteiger partial charge in [-0.2, -0.15) is 5.10 Å². The van der Waals surface area contributed by atoms with Gasteiger partial charge in [0.05, 0.1) is 17.5 Å². The predicted octanol–water partition coefficient (Wildman–Crippen LogP) is 5.48. The first kappa shape index (κ1) is 22.3. The molecule has 0 amide bonds. The molecule has 5 rings (SSSR count). The number of aliphatic hydroxyl groups excluding tert-OH is 1. The predicted molar refractivity (Wildman–Crippen MR) is 132 cm³/mol. The smallest absolute Gasteiger partial charge is 0.0988 e. The number of hydrogen-bond donors (Lipinski definition) is 1. The molecule has 1 atom stereocenters. The van der Waals surface area contributed by atoms with E-state index in [2.05, 4.69) is 40.3 Å². The van der Waals surface area contributed by atoms with Crippen LogP contribution in [-0.4, -0.2) is 37.9 Å². The zero-order valence-corrected chi connectivity index (χ0v) is 19.7. The highest BCUT2D eigenvalue weighted by molar-refractivity contribution is 5.63.